The van der Waals surface area contributed by atoms with Gasteiger partial charge in [-0.05, 0) is 49.2 Å². The van der Waals surface area contributed by atoms with Gasteiger partial charge in [0.05, 0.1) is 13.3 Å². The number of halogens is 1. The second-order valence-corrected chi connectivity index (χ2v) is 6.13. The molecule has 0 aliphatic carbocycles. The number of oxime groups is 1. The van der Waals surface area contributed by atoms with Crippen molar-refractivity contribution in [2.75, 3.05) is 20.3 Å². The largest absolute Gasteiger partial charge is 0.493 e. The Hall–Kier alpha value is -2.21. The molecule has 0 fully saturated rings. The lowest BCUT2D eigenvalue weighted by atomic mass is 10.1. The van der Waals surface area contributed by atoms with E-state index in [9.17, 15) is 0 Å². The fourth-order valence-electron chi connectivity index (χ4n) is 2.16. The number of nitrogens with zero attached hydrogens (tertiary/aromatic N) is 1. The van der Waals surface area contributed by atoms with Gasteiger partial charge in [0.15, 0.2) is 11.5 Å². The minimum atomic E-state index is 0.331. The summed E-state index contributed by atoms with van der Waals surface area (Å²) in [5.74, 6) is 1.86. The molecule has 0 atom stereocenters. The van der Waals surface area contributed by atoms with Crippen molar-refractivity contribution in [3.63, 3.8) is 0 Å². The standard InChI is InChI=1S/C18H20BrNO4/c1-12-4-5-16(8-13(12)2)23-6-7-24-18-14(11-20-21)9-15(19)10-17(18)22-3/h4-5,8-11,21H,6-7H2,1-3H3. The highest BCUT2D eigenvalue weighted by Gasteiger charge is 2.12. The molecule has 0 heterocycles. The van der Waals surface area contributed by atoms with Crippen molar-refractivity contribution in [2.24, 2.45) is 5.16 Å². The van der Waals surface area contributed by atoms with E-state index in [0.29, 0.717) is 30.3 Å². The molecule has 5 nitrogen and oxygen atoms in total. The quantitative estimate of drug-likeness (QED) is 0.329. The van der Waals surface area contributed by atoms with Gasteiger partial charge in [-0.3, -0.25) is 0 Å². The molecular formula is C18H20BrNO4. The van der Waals surface area contributed by atoms with Crippen molar-refractivity contribution in [2.45, 2.75) is 13.8 Å². The van der Waals surface area contributed by atoms with Gasteiger partial charge in [-0.2, -0.15) is 0 Å². The van der Waals surface area contributed by atoms with Crippen molar-refractivity contribution in [3.05, 3.63) is 51.5 Å². The third-order valence-electron chi connectivity index (χ3n) is 3.54. The monoisotopic (exact) mass is 393 g/mol. The predicted molar refractivity (Wildman–Crippen MR) is 97.0 cm³/mol. The Morgan fingerprint density at radius 1 is 1.08 bits per heavy atom. The number of ether oxygens (including phenoxy) is 3. The summed E-state index contributed by atoms with van der Waals surface area (Å²) < 4.78 is 17.6. The lowest BCUT2D eigenvalue weighted by Gasteiger charge is -2.14. The smallest absolute Gasteiger partial charge is 0.170 e. The Balaban J connectivity index is 2.02. The van der Waals surface area contributed by atoms with Crippen molar-refractivity contribution < 1.29 is 19.4 Å². The predicted octanol–water partition coefficient (Wildman–Crippen LogP) is 4.34. The summed E-state index contributed by atoms with van der Waals surface area (Å²) in [6.45, 7) is 4.83. The molecule has 0 radical (unpaired) electrons. The first-order valence-corrected chi connectivity index (χ1v) is 8.22. The Morgan fingerprint density at radius 3 is 2.50 bits per heavy atom. The zero-order chi connectivity index (χ0) is 17.5. The maximum absolute atomic E-state index is 8.80. The summed E-state index contributed by atoms with van der Waals surface area (Å²) in [5.41, 5.74) is 3.02. The lowest BCUT2D eigenvalue weighted by Crippen LogP contribution is -2.11. The van der Waals surface area contributed by atoms with Crippen molar-refractivity contribution >= 4 is 22.1 Å². The molecule has 1 N–H and O–H groups in total. The van der Waals surface area contributed by atoms with Gasteiger partial charge in [-0.25, -0.2) is 0 Å². The van der Waals surface area contributed by atoms with E-state index in [1.165, 1.54) is 17.3 Å². The zero-order valence-corrected chi connectivity index (χ0v) is 15.5. The highest BCUT2D eigenvalue weighted by molar-refractivity contribution is 9.10. The summed E-state index contributed by atoms with van der Waals surface area (Å²) in [4.78, 5) is 0. The first-order valence-electron chi connectivity index (χ1n) is 7.43. The maximum Gasteiger partial charge on any atom is 0.170 e. The van der Waals surface area contributed by atoms with Crippen LogP contribution in [0.4, 0.5) is 0 Å². The van der Waals surface area contributed by atoms with Crippen LogP contribution in [0.1, 0.15) is 16.7 Å². The first-order chi connectivity index (χ1) is 11.5. The topological polar surface area (TPSA) is 60.3 Å². The molecule has 0 aliphatic rings. The van der Waals surface area contributed by atoms with Gasteiger partial charge in [0.2, 0.25) is 0 Å². The molecule has 2 aromatic rings. The number of methoxy groups -OCH3 is 1. The summed E-state index contributed by atoms with van der Waals surface area (Å²) in [6, 6.07) is 9.53. The van der Waals surface area contributed by atoms with Crippen LogP contribution < -0.4 is 14.2 Å². The molecule has 128 valence electrons. The van der Waals surface area contributed by atoms with Gasteiger partial charge in [-0.1, -0.05) is 27.2 Å². The minimum Gasteiger partial charge on any atom is -0.493 e. The van der Waals surface area contributed by atoms with E-state index < -0.39 is 0 Å². The van der Waals surface area contributed by atoms with Crippen LogP contribution in [0.5, 0.6) is 17.2 Å². The van der Waals surface area contributed by atoms with Crippen molar-refractivity contribution in [3.8, 4) is 17.2 Å². The summed E-state index contributed by atoms with van der Waals surface area (Å²) in [7, 11) is 1.56. The van der Waals surface area contributed by atoms with E-state index in [0.717, 1.165) is 10.2 Å². The molecule has 0 spiro atoms. The minimum absolute atomic E-state index is 0.331. The molecule has 2 aromatic carbocycles. The molecule has 0 aliphatic heterocycles. The van der Waals surface area contributed by atoms with Crippen molar-refractivity contribution in [1.82, 2.24) is 0 Å². The second-order valence-electron chi connectivity index (χ2n) is 5.21. The SMILES string of the molecule is COc1cc(Br)cc(C=NO)c1OCCOc1ccc(C)c(C)c1. The van der Waals surface area contributed by atoms with E-state index in [-0.39, 0.29) is 0 Å². The Bertz CT molecular complexity index is 731. The lowest BCUT2D eigenvalue weighted by molar-refractivity contribution is 0.211. The van der Waals surface area contributed by atoms with Crippen molar-refractivity contribution in [1.29, 1.82) is 0 Å². The van der Waals surface area contributed by atoms with Gasteiger partial charge < -0.3 is 19.4 Å². The zero-order valence-electron chi connectivity index (χ0n) is 13.9. The Kier molecular flexibility index (Phi) is 6.49. The van der Waals surface area contributed by atoms with Crippen LogP contribution in [0.3, 0.4) is 0 Å². The van der Waals surface area contributed by atoms with E-state index in [1.54, 1.807) is 19.2 Å². The molecule has 6 heteroatoms. The van der Waals surface area contributed by atoms with Gasteiger partial charge >= 0.3 is 0 Å². The van der Waals surface area contributed by atoms with Crippen LogP contribution in [-0.2, 0) is 0 Å². The number of rotatable bonds is 7. The van der Waals surface area contributed by atoms with Gasteiger partial charge in [-0.15, -0.1) is 0 Å². The Morgan fingerprint density at radius 2 is 1.83 bits per heavy atom. The van der Waals surface area contributed by atoms with Gasteiger partial charge in [0, 0.05) is 10.0 Å². The van der Waals surface area contributed by atoms with Crippen LogP contribution in [0.25, 0.3) is 0 Å². The molecule has 2 rings (SSSR count). The summed E-state index contributed by atoms with van der Waals surface area (Å²) in [5, 5.41) is 11.9. The van der Waals surface area contributed by atoms with Crippen LogP contribution in [-0.4, -0.2) is 31.7 Å². The van der Waals surface area contributed by atoms with Crippen LogP contribution >= 0.6 is 15.9 Å². The molecule has 0 amide bonds. The molecule has 24 heavy (non-hydrogen) atoms. The number of hydrogen-bond acceptors (Lipinski definition) is 5. The molecule has 0 bridgehead atoms. The molecule has 0 saturated heterocycles. The number of benzene rings is 2. The summed E-state index contributed by atoms with van der Waals surface area (Å²) in [6.07, 6.45) is 1.30. The average Bonchev–Trinajstić information content (AvgIpc) is 2.56. The third-order valence-corrected chi connectivity index (χ3v) is 4.00. The highest BCUT2D eigenvalue weighted by atomic mass is 79.9. The van der Waals surface area contributed by atoms with Crippen LogP contribution in [0.15, 0.2) is 40.0 Å². The first kappa shape index (κ1) is 18.1. The summed E-state index contributed by atoms with van der Waals surface area (Å²) >= 11 is 3.38. The normalized spacial score (nSPS) is 10.8. The van der Waals surface area contributed by atoms with Gasteiger partial charge in [0.1, 0.15) is 19.0 Å². The third kappa shape index (κ3) is 4.64. The van der Waals surface area contributed by atoms with Crippen LogP contribution in [0.2, 0.25) is 0 Å². The van der Waals surface area contributed by atoms with E-state index in [4.69, 9.17) is 19.4 Å². The fourth-order valence-corrected chi connectivity index (χ4v) is 2.61. The number of hydrogen-bond donors (Lipinski definition) is 1. The second kappa shape index (κ2) is 8.59. The maximum atomic E-state index is 8.80. The van der Waals surface area contributed by atoms with Crippen LogP contribution in [0, 0.1) is 13.8 Å². The number of aryl methyl sites for hydroxylation is 2. The molecular weight excluding hydrogens is 374 g/mol. The molecule has 0 unspecified atom stereocenters. The highest BCUT2D eigenvalue weighted by Crippen LogP contribution is 2.34. The molecule has 0 saturated carbocycles. The Labute approximate surface area is 150 Å². The van der Waals surface area contributed by atoms with E-state index >= 15 is 0 Å². The fraction of sp³-hybridized carbons (Fsp3) is 0.278. The molecule has 0 aromatic heterocycles. The average molecular weight is 394 g/mol. The van der Waals surface area contributed by atoms with Gasteiger partial charge in [0.25, 0.3) is 0 Å². The van der Waals surface area contributed by atoms with E-state index in [1.807, 2.05) is 25.1 Å². The van der Waals surface area contributed by atoms with E-state index in [2.05, 4.69) is 28.0 Å².